The molecule has 1 aliphatic rings. The van der Waals surface area contributed by atoms with Crippen LogP contribution >= 0.6 is 8.53 Å². The Morgan fingerprint density at radius 1 is 1.33 bits per heavy atom. The van der Waals surface area contributed by atoms with Crippen molar-refractivity contribution >= 4 is 25.6 Å². The Bertz CT molecular complexity index is 1070. The molecule has 0 radical (unpaired) electrons. The number of hydrogen-bond acceptors (Lipinski definition) is 10. The predicted octanol–water partition coefficient (Wildman–Crippen LogP) is 3.13. The Morgan fingerprint density at radius 3 is 2.69 bits per heavy atom. The average molecular weight is 524 g/mol. The van der Waals surface area contributed by atoms with Crippen LogP contribution in [0.1, 0.15) is 60.6 Å². The molecule has 1 unspecified atom stereocenters. The molecule has 3 heterocycles. The molecule has 1 fully saturated rings. The van der Waals surface area contributed by atoms with E-state index < -0.39 is 27.0 Å². The van der Waals surface area contributed by atoms with Gasteiger partial charge in [-0.2, -0.15) is 10.2 Å². The molecule has 2 aromatic rings. The predicted molar refractivity (Wildman–Crippen MR) is 137 cm³/mol. The second kappa shape index (κ2) is 12.9. The van der Waals surface area contributed by atoms with E-state index in [1.807, 2.05) is 0 Å². The van der Waals surface area contributed by atoms with Crippen molar-refractivity contribution in [1.82, 2.24) is 24.2 Å². The van der Waals surface area contributed by atoms with E-state index in [2.05, 4.69) is 72.6 Å². The quantitative estimate of drug-likeness (QED) is 0.264. The number of nitrogens with zero attached hydrogens (tertiary/aromatic N) is 5. The van der Waals surface area contributed by atoms with Crippen molar-refractivity contribution in [2.75, 3.05) is 25.1 Å². The van der Waals surface area contributed by atoms with Gasteiger partial charge in [0.05, 0.1) is 38.1 Å². The van der Waals surface area contributed by atoms with E-state index in [-0.39, 0.29) is 42.8 Å². The largest absolute Gasteiger partial charge is 0.390 e. The van der Waals surface area contributed by atoms with Gasteiger partial charge in [-0.25, -0.2) is 9.65 Å². The molecule has 0 amide bonds. The Balaban J connectivity index is 1.73. The van der Waals surface area contributed by atoms with E-state index in [4.69, 9.17) is 19.0 Å². The van der Waals surface area contributed by atoms with Gasteiger partial charge < -0.3 is 24.2 Å². The van der Waals surface area contributed by atoms with Crippen molar-refractivity contribution in [3.8, 4) is 6.07 Å². The molecule has 0 bridgehead atoms. The van der Waals surface area contributed by atoms with E-state index in [0.717, 1.165) is 0 Å². The first-order chi connectivity index (χ1) is 17.1. The molecule has 13 heteroatoms. The summed E-state index contributed by atoms with van der Waals surface area (Å²) in [6, 6.07) is 2.42. The number of aromatic nitrogens is 4. The molecule has 12 nitrogen and oxygen atoms in total. The van der Waals surface area contributed by atoms with Crippen LogP contribution in [0.15, 0.2) is 11.1 Å². The SMILES string of the molecule is CC(C)CNc1nc2c(ncn2[C@H]2C[C@H](O)[C@@H](COP(OCCC#N)N(C(C)C)C(C)C)O2)c(=O)[nH]1. The summed E-state index contributed by atoms with van der Waals surface area (Å²) in [6.45, 7) is 13.4. The third-order valence-electron chi connectivity index (χ3n) is 5.64. The number of rotatable bonds is 13. The Morgan fingerprint density at radius 2 is 2.06 bits per heavy atom. The van der Waals surface area contributed by atoms with Gasteiger partial charge in [-0.05, 0) is 33.6 Å². The van der Waals surface area contributed by atoms with Crippen LogP contribution in [-0.2, 0) is 13.8 Å². The number of aliphatic hydroxyl groups excluding tert-OH is 1. The fourth-order valence-electron chi connectivity index (χ4n) is 4.01. The van der Waals surface area contributed by atoms with E-state index >= 15 is 0 Å². The van der Waals surface area contributed by atoms with Crippen LogP contribution in [0.3, 0.4) is 0 Å². The topological polar surface area (TPSA) is 151 Å². The van der Waals surface area contributed by atoms with Gasteiger partial charge in [0, 0.05) is 25.0 Å². The minimum atomic E-state index is -1.45. The molecule has 0 aromatic carbocycles. The standard InChI is InChI=1S/C23H38N7O5P/c1-14(2)11-25-23-27-21-20(22(32)28-23)26-13-29(21)19-10-17(31)18(35-19)12-34-36(33-9-7-8-24)30(15(3)4)16(5)6/h13-19,31H,7,9-12H2,1-6H3,(H2,25,27,28,32)/t17-,18+,19+,36?/m0/s1. The van der Waals surface area contributed by atoms with Crippen LogP contribution in [0, 0.1) is 17.2 Å². The summed E-state index contributed by atoms with van der Waals surface area (Å²) >= 11 is 0. The first-order valence-corrected chi connectivity index (χ1v) is 13.5. The van der Waals surface area contributed by atoms with Crippen molar-refractivity contribution in [2.24, 2.45) is 5.92 Å². The van der Waals surface area contributed by atoms with Crippen LogP contribution in [0.25, 0.3) is 11.2 Å². The summed E-state index contributed by atoms with van der Waals surface area (Å²) in [6.07, 6.45) is 0.146. The molecule has 0 saturated carbocycles. The molecule has 1 aliphatic heterocycles. The number of aromatic amines is 1. The number of nitrogens with one attached hydrogen (secondary N) is 2. The fourth-order valence-corrected chi connectivity index (χ4v) is 5.63. The molecule has 3 rings (SSSR count). The summed E-state index contributed by atoms with van der Waals surface area (Å²) in [7, 11) is -1.45. The van der Waals surface area contributed by atoms with Crippen molar-refractivity contribution in [3.63, 3.8) is 0 Å². The molecule has 0 spiro atoms. The van der Waals surface area contributed by atoms with E-state index in [9.17, 15) is 9.90 Å². The van der Waals surface area contributed by atoms with Crippen molar-refractivity contribution < 1.29 is 18.9 Å². The monoisotopic (exact) mass is 523 g/mol. The highest BCUT2D eigenvalue weighted by Gasteiger charge is 2.38. The van der Waals surface area contributed by atoms with Crippen LogP contribution in [0.5, 0.6) is 0 Å². The summed E-state index contributed by atoms with van der Waals surface area (Å²) in [4.78, 5) is 24.0. The second-order valence-electron chi connectivity index (χ2n) is 9.79. The first-order valence-electron chi connectivity index (χ1n) is 12.4. The van der Waals surface area contributed by atoms with Gasteiger partial charge in [0.15, 0.2) is 11.2 Å². The molecule has 3 N–H and O–H groups in total. The van der Waals surface area contributed by atoms with E-state index in [0.29, 0.717) is 30.5 Å². The molecule has 0 aliphatic carbocycles. The van der Waals surface area contributed by atoms with Crippen molar-refractivity contribution in [2.45, 2.75) is 84.9 Å². The van der Waals surface area contributed by atoms with Crippen LogP contribution < -0.4 is 10.9 Å². The number of H-pyrrole nitrogens is 1. The second-order valence-corrected chi connectivity index (χ2v) is 11.2. The average Bonchev–Trinajstić information content (AvgIpc) is 3.39. The van der Waals surface area contributed by atoms with Gasteiger partial charge in [-0.1, -0.05) is 13.8 Å². The van der Waals surface area contributed by atoms with Crippen molar-refractivity contribution in [1.29, 1.82) is 5.26 Å². The molecular formula is C23H38N7O5P. The van der Waals surface area contributed by atoms with Gasteiger partial charge in [0.2, 0.25) is 5.95 Å². The lowest BCUT2D eigenvalue weighted by Crippen LogP contribution is -2.35. The van der Waals surface area contributed by atoms with Gasteiger partial charge in [0.25, 0.3) is 14.1 Å². The summed E-state index contributed by atoms with van der Waals surface area (Å²) in [5.41, 5.74) is 0.254. The lowest BCUT2D eigenvalue weighted by molar-refractivity contribution is -0.0406. The molecule has 4 atom stereocenters. The highest BCUT2D eigenvalue weighted by molar-refractivity contribution is 7.44. The van der Waals surface area contributed by atoms with Crippen molar-refractivity contribution in [3.05, 3.63) is 16.7 Å². The number of imidazole rings is 1. The van der Waals surface area contributed by atoms with Gasteiger partial charge in [-0.15, -0.1) is 0 Å². The van der Waals surface area contributed by atoms with E-state index in [1.165, 1.54) is 6.33 Å². The highest BCUT2D eigenvalue weighted by Crippen LogP contribution is 2.46. The zero-order valence-electron chi connectivity index (χ0n) is 21.8. The number of anilines is 1. The third-order valence-corrected chi connectivity index (χ3v) is 7.71. The summed E-state index contributed by atoms with van der Waals surface area (Å²) in [5, 5.41) is 22.8. The zero-order valence-corrected chi connectivity index (χ0v) is 22.7. The maximum atomic E-state index is 12.5. The molecular weight excluding hydrogens is 485 g/mol. The number of ether oxygens (including phenoxy) is 1. The molecule has 2 aromatic heterocycles. The Labute approximate surface area is 212 Å². The number of hydrogen-bond donors (Lipinski definition) is 3. The smallest absolute Gasteiger partial charge is 0.280 e. The molecule has 1 saturated heterocycles. The Kier molecular flexibility index (Phi) is 10.2. The summed E-state index contributed by atoms with van der Waals surface area (Å²) in [5.74, 6) is 0.741. The number of nitriles is 1. The number of aliphatic hydroxyl groups is 1. The maximum absolute atomic E-state index is 12.5. The third kappa shape index (κ3) is 7.00. The minimum absolute atomic E-state index is 0.119. The van der Waals surface area contributed by atoms with Crippen LogP contribution in [0.2, 0.25) is 0 Å². The van der Waals surface area contributed by atoms with E-state index in [1.54, 1.807) is 4.57 Å². The first kappa shape index (κ1) is 28.4. The minimum Gasteiger partial charge on any atom is -0.390 e. The Hall–Kier alpha value is -2.13. The van der Waals surface area contributed by atoms with Gasteiger partial charge in [-0.3, -0.25) is 14.3 Å². The van der Waals surface area contributed by atoms with Gasteiger partial charge in [0.1, 0.15) is 12.3 Å². The fraction of sp³-hybridized carbons (Fsp3) is 0.739. The zero-order chi connectivity index (χ0) is 26.4. The van der Waals surface area contributed by atoms with Crippen LogP contribution in [0.4, 0.5) is 5.95 Å². The normalized spacial score (nSPS) is 21.2. The molecule has 36 heavy (non-hydrogen) atoms. The lowest BCUT2D eigenvalue weighted by atomic mass is 10.2. The molecule has 200 valence electrons. The van der Waals surface area contributed by atoms with Crippen LogP contribution in [-0.4, -0.2) is 73.3 Å². The highest BCUT2D eigenvalue weighted by atomic mass is 31.2. The van der Waals surface area contributed by atoms with Gasteiger partial charge >= 0.3 is 0 Å². The number of fused-ring (bicyclic) bond motifs is 1. The lowest BCUT2D eigenvalue weighted by Gasteiger charge is -2.36. The maximum Gasteiger partial charge on any atom is 0.280 e. The summed E-state index contributed by atoms with van der Waals surface area (Å²) < 4.78 is 22.0.